The van der Waals surface area contributed by atoms with Crippen molar-refractivity contribution in [1.82, 2.24) is 0 Å². The van der Waals surface area contributed by atoms with Crippen molar-refractivity contribution in [2.75, 3.05) is 11.9 Å². The molecular weight excluding hydrogens is 220 g/mol. The lowest BCUT2D eigenvalue weighted by molar-refractivity contribution is -0.139. The van der Waals surface area contributed by atoms with Crippen molar-refractivity contribution in [2.24, 2.45) is 0 Å². The zero-order chi connectivity index (χ0) is 9.40. The number of ether oxygens (including phenoxy) is 1. The molecule has 0 aliphatic carbocycles. The summed E-state index contributed by atoms with van der Waals surface area (Å²) in [6.45, 7) is 5.98. The Morgan fingerprint density at radius 3 is 2.67 bits per heavy atom. The number of halogens is 1. The van der Waals surface area contributed by atoms with Crippen molar-refractivity contribution in [3.05, 3.63) is 12.2 Å². The van der Waals surface area contributed by atoms with Gasteiger partial charge >= 0.3 is 5.97 Å². The number of carbonyl (C=O) groups is 1. The van der Waals surface area contributed by atoms with Crippen LogP contribution in [0.25, 0.3) is 0 Å². The van der Waals surface area contributed by atoms with Crippen LogP contribution in [0.2, 0.25) is 0 Å². The minimum Gasteiger partial charge on any atom is -0.462 e. The van der Waals surface area contributed by atoms with E-state index in [2.05, 4.69) is 22.5 Å². The molecule has 12 heavy (non-hydrogen) atoms. The summed E-state index contributed by atoms with van der Waals surface area (Å²) < 4.78 is 4.94. The van der Waals surface area contributed by atoms with Crippen LogP contribution in [-0.4, -0.2) is 17.9 Å². The molecule has 0 saturated carbocycles. The highest BCUT2D eigenvalue weighted by Gasteiger charge is 2.04. The molecule has 0 amide bonds. The van der Waals surface area contributed by atoms with Crippen LogP contribution in [0.15, 0.2) is 12.2 Å². The Balaban J connectivity index is 3.38. The minimum atomic E-state index is -0.257. The number of hydrogen-bond acceptors (Lipinski definition) is 2. The number of alkyl halides is 1. The van der Waals surface area contributed by atoms with Crippen LogP contribution < -0.4 is 0 Å². The summed E-state index contributed by atoms with van der Waals surface area (Å²) in [5.41, 5.74) is 0.550. The first-order chi connectivity index (χ1) is 5.72. The Morgan fingerprint density at radius 2 is 2.17 bits per heavy atom. The Hall–Kier alpha value is -0.310. The molecule has 0 heterocycles. The fourth-order valence-electron chi connectivity index (χ4n) is 0.608. The van der Waals surface area contributed by atoms with E-state index in [-0.39, 0.29) is 5.97 Å². The third-order valence-electron chi connectivity index (χ3n) is 1.48. The molecule has 0 atom stereocenters. The average molecular weight is 235 g/mol. The molecule has 0 aromatic carbocycles. The fraction of sp³-hybridized carbons (Fsp3) is 0.667. The monoisotopic (exact) mass is 234 g/mol. The highest BCUT2D eigenvalue weighted by Crippen LogP contribution is 2.01. The van der Waals surface area contributed by atoms with Crippen LogP contribution in [0.5, 0.6) is 0 Å². The summed E-state index contributed by atoms with van der Waals surface area (Å²) in [5.74, 6) is -0.257. The van der Waals surface area contributed by atoms with Gasteiger partial charge in [0.25, 0.3) is 0 Å². The molecule has 0 rings (SSSR count). The third-order valence-corrected chi connectivity index (χ3v) is 2.04. The standard InChI is InChI=1S/C9H15BrO2/c1-3-8(2)9(11)12-7-5-4-6-10/h2-7H2,1H3. The Bertz CT molecular complexity index is 155. The zero-order valence-corrected chi connectivity index (χ0v) is 9.02. The van der Waals surface area contributed by atoms with E-state index in [9.17, 15) is 4.79 Å². The maximum absolute atomic E-state index is 11.0. The first kappa shape index (κ1) is 11.7. The molecule has 0 N–H and O–H groups in total. The van der Waals surface area contributed by atoms with E-state index in [0.717, 1.165) is 18.2 Å². The van der Waals surface area contributed by atoms with Gasteiger partial charge in [0.1, 0.15) is 0 Å². The van der Waals surface area contributed by atoms with Gasteiger partial charge in [0.15, 0.2) is 0 Å². The Kier molecular flexibility index (Phi) is 7.16. The number of unbranched alkanes of at least 4 members (excludes halogenated alkanes) is 1. The number of rotatable bonds is 6. The lowest BCUT2D eigenvalue weighted by atomic mass is 10.2. The van der Waals surface area contributed by atoms with Crippen molar-refractivity contribution in [1.29, 1.82) is 0 Å². The van der Waals surface area contributed by atoms with Crippen molar-refractivity contribution in [2.45, 2.75) is 26.2 Å². The van der Waals surface area contributed by atoms with Crippen LogP contribution in [0.1, 0.15) is 26.2 Å². The predicted molar refractivity (Wildman–Crippen MR) is 53.4 cm³/mol. The van der Waals surface area contributed by atoms with Crippen molar-refractivity contribution < 1.29 is 9.53 Å². The lowest BCUT2D eigenvalue weighted by Crippen LogP contribution is -2.07. The predicted octanol–water partition coefficient (Wildman–Crippen LogP) is 2.67. The molecule has 0 saturated heterocycles. The molecule has 0 aromatic heterocycles. The second-order valence-corrected chi connectivity index (χ2v) is 3.28. The molecule has 0 unspecified atom stereocenters. The SMILES string of the molecule is C=C(CC)C(=O)OCCCCBr. The molecular formula is C9H15BrO2. The van der Waals surface area contributed by atoms with Gasteiger partial charge in [-0.05, 0) is 19.3 Å². The molecule has 70 valence electrons. The first-order valence-corrected chi connectivity index (χ1v) is 5.25. The summed E-state index contributed by atoms with van der Waals surface area (Å²) >= 11 is 3.30. The summed E-state index contributed by atoms with van der Waals surface area (Å²) in [4.78, 5) is 11.0. The van der Waals surface area contributed by atoms with Gasteiger partial charge in [-0.2, -0.15) is 0 Å². The molecule has 0 aliphatic rings. The van der Waals surface area contributed by atoms with Crippen LogP contribution >= 0.6 is 15.9 Å². The Labute approximate surface area is 82.1 Å². The van der Waals surface area contributed by atoms with Gasteiger partial charge in [0.05, 0.1) is 6.61 Å². The molecule has 0 radical (unpaired) electrons. The number of esters is 1. The summed E-state index contributed by atoms with van der Waals surface area (Å²) in [6, 6.07) is 0. The maximum atomic E-state index is 11.0. The van der Waals surface area contributed by atoms with Gasteiger partial charge in [-0.15, -0.1) is 0 Å². The molecule has 0 fully saturated rings. The largest absolute Gasteiger partial charge is 0.462 e. The number of carbonyl (C=O) groups excluding carboxylic acids is 1. The van der Waals surface area contributed by atoms with E-state index in [0.29, 0.717) is 18.6 Å². The van der Waals surface area contributed by atoms with Gasteiger partial charge in [-0.25, -0.2) is 4.79 Å². The molecule has 3 heteroatoms. The van der Waals surface area contributed by atoms with Crippen LogP contribution in [0.4, 0.5) is 0 Å². The minimum absolute atomic E-state index is 0.257. The van der Waals surface area contributed by atoms with Gasteiger partial charge in [0.2, 0.25) is 0 Å². The fourth-order valence-corrected chi connectivity index (χ4v) is 1.00. The highest BCUT2D eigenvalue weighted by molar-refractivity contribution is 9.09. The van der Waals surface area contributed by atoms with Crippen LogP contribution in [0.3, 0.4) is 0 Å². The van der Waals surface area contributed by atoms with E-state index in [1.165, 1.54) is 0 Å². The molecule has 0 aliphatic heterocycles. The number of hydrogen-bond donors (Lipinski definition) is 0. The Morgan fingerprint density at radius 1 is 1.50 bits per heavy atom. The topological polar surface area (TPSA) is 26.3 Å². The summed E-state index contributed by atoms with van der Waals surface area (Å²) in [5, 5.41) is 0.958. The van der Waals surface area contributed by atoms with E-state index < -0.39 is 0 Å². The van der Waals surface area contributed by atoms with Gasteiger partial charge in [-0.1, -0.05) is 29.4 Å². The quantitative estimate of drug-likeness (QED) is 0.306. The third kappa shape index (κ3) is 5.35. The average Bonchev–Trinajstić information content (AvgIpc) is 2.10. The second kappa shape index (κ2) is 7.35. The van der Waals surface area contributed by atoms with Gasteiger partial charge < -0.3 is 4.74 Å². The highest BCUT2D eigenvalue weighted by atomic mass is 79.9. The van der Waals surface area contributed by atoms with E-state index in [1.807, 2.05) is 6.92 Å². The van der Waals surface area contributed by atoms with E-state index in [1.54, 1.807) is 0 Å². The molecule has 0 spiro atoms. The van der Waals surface area contributed by atoms with Gasteiger partial charge in [0, 0.05) is 10.9 Å². The van der Waals surface area contributed by atoms with Crippen molar-refractivity contribution in [3.63, 3.8) is 0 Å². The second-order valence-electron chi connectivity index (χ2n) is 2.49. The summed E-state index contributed by atoms with van der Waals surface area (Å²) in [7, 11) is 0. The molecule has 2 nitrogen and oxygen atoms in total. The van der Waals surface area contributed by atoms with Crippen LogP contribution in [0, 0.1) is 0 Å². The van der Waals surface area contributed by atoms with Crippen LogP contribution in [-0.2, 0) is 9.53 Å². The first-order valence-electron chi connectivity index (χ1n) is 4.13. The van der Waals surface area contributed by atoms with E-state index in [4.69, 9.17) is 4.74 Å². The van der Waals surface area contributed by atoms with E-state index >= 15 is 0 Å². The normalized spacial score (nSPS) is 9.50. The molecule has 0 bridgehead atoms. The zero-order valence-electron chi connectivity index (χ0n) is 7.44. The lowest BCUT2D eigenvalue weighted by Gasteiger charge is -2.03. The summed E-state index contributed by atoms with van der Waals surface area (Å²) in [6.07, 6.45) is 2.61. The maximum Gasteiger partial charge on any atom is 0.333 e. The smallest absolute Gasteiger partial charge is 0.333 e. The van der Waals surface area contributed by atoms with Crippen molar-refractivity contribution in [3.8, 4) is 0 Å². The molecule has 0 aromatic rings. The van der Waals surface area contributed by atoms with Crippen molar-refractivity contribution >= 4 is 21.9 Å². The van der Waals surface area contributed by atoms with Gasteiger partial charge in [-0.3, -0.25) is 0 Å².